The highest BCUT2D eigenvalue weighted by Gasteiger charge is 2.34. The molecule has 0 bridgehead atoms. The first-order valence-electron chi connectivity index (χ1n) is 8.38. The maximum Gasteiger partial charge on any atom is 0.0693 e. The monoisotopic (exact) mass is 382 g/mol. The Morgan fingerprint density at radius 3 is 2.04 bits per heavy atom. The molecule has 138 valence electrons. The lowest BCUT2D eigenvalue weighted by Gasteiger charge is -2.42. The molecule has 2 aromatic carbocycles. The van der Waals surface area contributed by atoms with Gasteiger partial charge in [-0.15, -0.1) is 24.8 Å². The minimum Gasteiger partial charge on any atom is -0.382 e. The van der Waals surface area contributed by atoms with Gasteiger partial charge in [0.15, 0.2) is 0 Å². The van der Waals surface area contributed by atoms with Gasteiger partial charge in [-0.3, -0.25) is 4.90 Å². The van der Waals surface area contributed by atoms with Crippen LogP contribution in [0.15, 0.2) is 60.7 Å². The van der Waals surface area contributed by atoms with E-state index < -0.39 is 0 Å². The number of hydrogen-bond donors (Lipinski definition) is 1. The van der Waals surface area contributed by atoms with Crippen molar-refractivity contribution >= 4 is 30.5 Å². The zero-order valence-corrected chi connectivity index (χ0v) is 16.3. The van der Waals surface area contributed by atoms with Crippen LogP contribution in [0.2, 0.25) is 0 Å². The van der Waals surface area contributed by atoms with E-state index in [1.807, 2.05) is 0 Å². The van der Waals surface area contributed by atoms with Crippen LogP contribution >= 0.6 is 24.8 Å². The number of halogens is 2. The van der Waals surface area contributed by atoms with Crippen molar-refractivity contribution < 1.29 is 4.74 Å². The smallest absolute Gasteiger partial charge is 0.0693 e. The van der Waals surface area contributed by atoms with Crippen LogP contribution in [0.3, 0.4) is 0 Å². The van der Waals surface area contributed by atoms with E-state index >= 15 is 0 Å². The first kappa shape index (κ1) is 21.8. The van der Waals surface area contributed by atoms with E-state index in [1.54, 1.807) is 7.11 Å². The third-order valence-corrected chi connectivity index (χ3v) is 4.67. The summed E-state index contributed by atoms with van der Waals surface area (Å²) in [4.78, 5) is 2.54. The maximum absolute atomic E-state index is 5.53. The summed E-state index contributed by atoms with van der Waals surface area (Å²) in [6, 6.07) is 21.2. The van der Waals surface area contributed by atoms with Crippen molar-refractivity contribution in [2.24, 2.45) is 0 Å². The van der Waals surface area contributed by atoms with Gasteiger partial charge in [-0.1, -0.05) is 48.5 Å². The van der Waals surface area contributed by atoms with Crippen molar-refractivity contribution in [3.05, 3.63) is 66.2 Å². The van der Waals surface area contributed by atoms with E-state index in [1.165, 1.54) is 11.3 Å². The number of piperidine rings is 1. The van der Waals surface area contributed by atoms with Gasteiger partial charge in [0.1, 0.15) is 0 Å². The number of hydrogen-bond acceptors (Lipinski definition) is 3. The van der Waals surface area contributed by atoms with Crippen LogP contribution in [0, 0.1) is 0 Å². The number of anilines is 1. The van der Waals surface area contributed by atoms with Gasteiger partial charge in [-0.05, 0) is 30.5 Å². The molecular formula is C20H28Cl2N2O. The van der Waals surface area contributed by atoms with Gasteiger partial charge in [-0.2, -0.15) is 0 Å². The van der Waals surface area contributed by atoms with Crippen LogP contribution in [0.4, 0.5) is 5.69 Å². The van der Waals surface area contributed by atoms with Crippen LogP contribution < -0.4 is 5.32 Å². The number of rotatable bonds is 6. The van der Waals surface area contributed by atoms with Gasteiger partial charge < -0.3 is 10.1 Å². The maximum atomic E-state index is 5.53. The number of benzene rings is 2. The summed E-state index contributed by atoms with van der Waals surface area (Å²) in [5.41, 5.74) is 2.62. The number of nitrogens with zero attached hydrogens (tertiary/aromatic N) is 1. The highest BCUT2D eigenvalue weighted by Crippen LogP contribution is 2.28. The molecule has 25 heavy (non-hydrogen) atoms. The fourth-order valence-corrected chi connectivity index (χ4v) is 3.39. The lowest BCUT2D eigenvalue weighted by Crippen LogP contribution is -2.51. The minimum absolute atomic E-state index is 0. The molecule has 0 saturated carbocycles. The summed E-state index contributed by atoms with van der Waals surface area (Å²) in [5.74, 6) is 0. The number of nitrogens with one attached hydrogen (secondary N) is 1. The van der Waals surface area contributed by atoms with Gasteiger partial charge in [0.2, 0.25) is 0 Å². The highest BCUT2D eigenvalue weighted by molar-refractivity contribution is 5.85. The molecule has 0 aromatic heterocycles. The molecule has 2 aromatic rings. The van der Waals surface area contributed by atoms with E-state index in [0.29, 0.717) is 0 Å². The average molecular weight is 383 g/mol. The van der Waals surface area contributed by atoms with Crippen LogP contribution in [-0.4, -0.2) is 37.2 Å². The molecule has 0 aliphatic carbocycles. The molecule has 1 aliphatic rings. The summed E-state index contributed by atoms with van der Waals surface area (Å²) >= 11 is 0. The molecule has 3 rings (SSSR count). The minimum atomic E-state index is 0. The van der Waals surface area contributed by atoms with E-state index in [9.17, 15) is 0 Å². The Morgan fingerprint density at radius 2 is 1.48 bits per heavy atom. The van der Waals surface area contributed by atoms with Crippen molar-refractivity contribution in [2.75, 3.05) is 32.1 Å². The average Bonchev–Trinajstić information content (AvgIpc) is 2.59. The Hall–Kier alpha value is -1.26. The summed E-state index contributed by atoms with van der Waals surface area (Å²) in [6.07, 6.45) is 2.20. The van der Waals surface area contributed by atoms with E-state index in [-0.39, 0.29) is 30.4 Å². The summed E-state index contributed by atoms with van der Waals surface area (Å²) in [5, 5.41) is 3.73. The third-order valence-electron chi connectivity index (χ3n) is 4.67. The Bertz CT molecular complexity index is 587. The standard InChI is InChI=1S/C20H26N2O.2ClH/c1-23-17-20(21-19-10-6-3-7-11-19)12-14-22(15-13-20)16-18-8-4-2-5-9-18;;/h2-11,21H,12-17H2,1H3;2*1H. The molecular weight excluding hydrogens is 355 g/mol. The van der Waals surface area contributed by atoms with Crippen molar-refractivity contribution in [1.29, 1.82) is 0 Å². The van der Waals surface area contributed by atoms with Gasteiger partial charge in [-0.25, -0.2) is 0 Å². The predicted molar refractivity (Wildman–Crippen MR) is 110 cm³/mol. The van der Waals surface area contributed by atoms with Crippen LogP contribution in [0.1, 0.15) is 18.4 Å². The van der Waals surface area contributed by atoms with Gasteiger partial charge in [0, 0.05) is 32.4 Å². The van der Waals surface area contributed by atoms with Crippen molar-refractivity contribution in [3.8, 4) is 0 Å². The Morgan fingerprint density at radius 1 is 0.920 bits per heavy atom. The van der Waals surface area contributed by atoms with Gasteiger partial charge in [0.25, 0.3) is 0 Å². The molecule has 0 atom stereocenters. The van der Waals surface area contributed by atoms with Crippen LogP contribution in [-0.2, 0) is 11.3 Å². The molecule has 1 heterocycles. The van der Waals surface area contributed by atoms with E-state index in [0.717, 1.165) is 39.1 Å². The second kappa shape index (κ2) is 10.7. The van der Waals surface area contributed by atoms with Crippen molar-refractivity contribution in [2.45, 2.75) is 24.9 Å². The number of ether oxygens (including phenoxy) is 1. The molecule has 1 N–H and O–H groups in total. The van der Waals surface area contributed by atoms with Gasteiger partial charge >= 0.3 is 0 Å². The second-order valence-electron chi connectivity index (χ2n) is 6.47. The summed E-state index contributed by atoms with van der Waals surface area (Å²) in [7, 11) is 1.80. The Balaban J connectivity index is 0.00000156. The van der Waals surface area contributed by atoms with Gasteiger partial charge in [0.05, 0.1) is 12.1 Å². The molecule has 0 amide bonds. The topological polar surface area (TPSA) is 24.5 Å². The predicted octanol–water partition coefficient (Wildman–Crippen LogP) is 4.62. The number of methoxy groups -OCH3 is 1. The first-order valence-corrected chi connectivity index (χ1v) is 8.38. The molecule has 1 saturated heterocycles. The Labute approximate surface area is 163 Å². The summed E-state index contributed by atoms with van der Waals surface area (Å²) < 4.78 is 5.53. The SMILES string of the molecule is COCC1(Nc2ccccc2)CCN(Cc2ccccc2)CC1.Cl.Cl. The fourth-order valence-electron chi connectivity index (χ4n) is 3.39. The third kappa shape index (κ3) is 6.19. The quantitative estimate of drug-likeness (QED) is 0.788. The van der Waals surface area contributed by atoms with Crippen LogP contribution in [0.5, 0.6) is 0 Å². The molecule has 5 heteroatoms. The van der Waals surface area contributed by atoms with E-state index in [2.05, 4.69) is 70.9 Å². The second-order valence-corrected chi connectivity index (χ2v) is 6.47. The fraction of sp³-hybridized carbons (Fsp3) is 0.400. The first-order chi connectivity index (χ1) is 11.3. The molecule has 0 radical (unpaired) electrons. The normalized spacial score (nSPS) is 16.4. The molecule has 0 unspecified atom stereocenters. The largest absolute Gasteiger partial charge is 0.382 e. The Kier molecular flexibility index (Phi) is 9.30. The molecule has 1 fully saturated rings. The highest BCUT2D eigenvalue weighted by atomic mass is 35.5. The number of para-hydroxylation sites is 1. The van der Waals surface area contributed by atoms with Crippen molar-refractivity contribution in [1.82, 2.24) is 4.90 Å². The molecule has 1 aliphatic heterocycles. The summed E-state index contributed by atoms with van der Waals surface area (Å²) in [6.45, 7) is 3.98. The lowest BCUT2D eigenvalue weighted by molar-refractivity contribution is 0.0860. The zero-order valence-electron chi connectivity index (χ0n) is 14.7. The van der Waals surface area contributed by atoms with Crippen molar-refractivity contribution in [3.63, 3.8) is 0 Å². The zero-order chi connectivity index (χ0) is 16.0. The molecule has 3 nitrogen and oxygen atoms in total. The molecule has 0 spiro atoms. The van der Waals surface area contributed by atoms with E-state index in [4.69, 9.17) is 4.74 Å². The van der Waals surface area contributed by atoms with Crippen LogP contribution in [0.25, 0.3) is 0 Å². The lowest BCUT2D eigenvalue weighted by atomic mass is 9.87. The number of likely N-dealkylation sites (tertiary alicyclic amines) is 1.